The van der Waals surface area contributed by atoms with Crippen LogP contribution in [0, 0.1) is 12.3 Å². The van der Waals surface area contributed by atoms with E-state index in [1.165, 1.54) is 0 Å². The van der Waals surface area contributed by atoms with Crippen LogP contribution in [-0.2, 0) is 0 Å². The Hall–Kier alpha value is -0.940. The van der Waals surface area contributed by atoms with Crippen LogP contribution in [0.5, 0.6) is 0 Å². The van der Waals surface area contributed by atoms with Gasteiger partial charge in [0.15, 0.2) is 0 Å². The van der Waals surface area contributed by atoms with Crippen LogP contribution in [0.1, 0.15) is 0 Å². The van der Waals surface area contributed by atoms with Gasteiger partial charge in [-0.05, 0) is 0 Å². The van der Waals surface area contributed by atoms with Crippen LogP contribution in [0.2, 0.25) is 0 Å². The molecule has 0 aromatic rings. The van der Waals surface area contributed by atoms with Crippen LogP contribution < -0.4 is 5.73 Å². The average molecular weight is 97.1 g/mol. The fraction of sp³-hybridized carbons (Fsp3) is 0.200. The Morgan fingerprint density at radius 3 is 2.43 bits per heavy atom. The van der Waals surface area contributed by atoms with Crippen molar-refractivity contribution < 1.29 is 5.11 Å². The minimum absolute atomic E-state index is 0.164. The predicted molar refractivity (Wildman–Crippen MR) is 28.6 cm³/mol. The van der Waals surface area contributed by atoms with Crippen molar-refractivity contribution in [1.82, 2.24) is 0 Å². The molecule has 2 heteroatoms. The van der Waals surface area contributed by atoms with Gasteiger partial charge in [0.25, 0.3) is 0 Å². The molecule has 0 amide bonds. The fourth-order valence-corrected chi connectivity index (χ4v) is 0.0962. The van der Waals surface area contributed by atoms with E-state index in [1.54, 1.807) is 0 Å². The molecule has 0 spiro atoms. The summed E-state index contributed by atoms with van der Waals surface area (Å²) in [7, 11) is 0. The zero-order valence-corrected chi connectivity index (χ0v) is 3.89. The molecule has 0 aliphatic carbocycles. The lowest BCUT2D eigenvalue weighted by atomic mass is 10.3. The number of rotatable bonds is 1. The summed E-state index contributed by atoms with van der Waals surface area (Å²) in [6, 6.07) is -0.708. The second kappa shape index (κ2) is 2.27. The van der Waals surface area contributed by atoms with Gasteiger partial charge in [-0.3, -0.25) is 0 Å². The Balaban J connectivity index is 3.63. The van der Waals surface area contributed by atoms with Crippen molar-refractivity contribution in [3.05, 3.63) is 12.3 Å². The van der Waals surface area contributed by atoms with Crippen LogP contribution in [0.15, 0.2) is 12.3 Å². The summed E-state index contributed by atoms with van der Waals surface area (Å²) in [5, 5.41) is 8.36. The lowest BCUT2D eigenvalue weighted by Gasteiger charge is -1.96. The van der Waals surface area contributed by atoms with E-state index >= 15 is 0 Å². The predicted octanol–water partition coefficient (Wildman–Crippen LogP) is 0.0186. The first-order chi connectivity index (χ1) is 3.18. The molecule has 0 bridgehead atoms. The standard InChI is InChI=1S/C5H7NO/c1-3-5(6)4(2)7/h1,5,7H,2,6H2/t5-/m1/s1. The molecule has 0 rings (SSSR count). The molecule has 0 fully saturated rings. The summed E-state index contributed by atoms with van der Waals surface area (Å²) in [6.45, 7) is 3.11. The van der Waals surface area contributed by atoms with Crippen molar-refractivity contribution in [2.45, 2.75) is 6.04 Å². The van der Waals surface area contributed by atoms with Crippen molar-refractivity contribution >= 4 is 0 Å². The van der Waals surface area contributed by atoms with Crippen LogP contribution in [0.25, 0.3) is 0 Å². The Labute approximate surface area is 42.6 Å². The Bertz CT molecular complexity index is 112. The second-order valence-electron chi connectivity index (χ2n) is 1.14. The molecule has 0 unspecified atom stereocenters. The fourth-order valence-electron chi connectivity index (χ4n) is 0.0962. The minimum atomic E-state index is -0.708. The lowest BCUT2D eigenvalue weighted by molar-refractivity contribution is 0.390. The molecule has 0 radical (unpaired) electrons. The zero-order valence-electron chi connectivity index (χ0n) is 3.89. The molecule has 1 atom stereocenters. The molecule has 0 aliphatic rings. The highest BCUT2D eigenvalue weighted by Crippen LogP contribution is 1.84. The molecule has 0 aliphatic heterocycles. The van der Waals surface area contributed by atoms with Gasteiger partial charge >= 0.3 is 0 Å². The SMILES string of the molecule is C#C[C@@H](N)C(=C)O. The van der Waals surface area contributed by atoms with E-state index in [0.29, 0.717) is 0 Å². The third-order valence-electron chi connectivity index (χ3n) is 0.539. The van der Waals surface area contributed by atoms with E-state index in [0.717, 1.165) is 0 Å². The zero-order chi connectivity index (χ0) is 5.86. The van der Waals surface area contributed by atoms with Gasteiger partial charge in [0.05, 0.1) is 0 Å². The molecular weight excluding hydrogens is 90.1 g/mol. The Morgan fingerprint density at radius 2 is 2.43 bits per heavy atom. The van der Waals surface area contributed by atoms with Crippen LogP contribution in [0.3, 0.4) is 0 Å². The topological polar surface area (TPSA) is 46.2 Å². The van der Waals surface area contributed by atoms with Crippen molar-refractivity contribution in [3.8, 4) is 12.3 Å². The number of hydrogen-bond acceptors (Lipinski definition) is 2. The second-order valence-corrected chi connectivity index (χ2v) is 1.14. The highest BCUT2D eigenvalue weighted by atomic mass is 16.3. The minimum Gasteiger partial charge on any atom is -0.510 e. The van der Waals surface area contributed by atoms with E-state index in [4.69, 9.17) is 17.3 Å². The number of hydrogen-bond donors (Lipinski definition) is 2. The molecule has 7 heavy (non-hydrogen) atoms. The molecule has 0 saturated carbocycles. The van der Waals surface area contributed by atoms with Gasteiger partial charge in [0.1, 0.15) is 11.8 Å². The molecule has 0 saturated heterocycles. The van der Waals surface area contributed by atoms with E-state index in [2.05, 4.69) is 12.5 Å². The van der Waals surface area contributed by atoms with E-state index < -0.39 is 6.04 Å². The van der Waals surface area contributed by atoms with Crippen LogP contribution >= 0.6 is 0 Å². The molecule has 2 nitrogen and oxygen atoms in total. The maximum absolute atomic E-state index is 8.36. The first kappa shape index (κ1) is 6.06. The Morgan fingerprint density at radius 1 is 2.00 bits per heavy atom. The normalized spacial score (nSPS) is 12.0. The molecular formula is C5H7NO. The molecule has 0 aromatic carbocycles. The first-order valence-electron chi connectivity index (χ1n) is 1.78. The smallest absolute Gasteiger partial charge is 0.123 e. The number of aliphatic hydroxyl groups is 1. The summed E-state index contributed by atoms with van der Waals surface area (Å²) < 4.78 is 0. The summed E-state index contributed by atoms with van der Waals surface area (Å²) in [5.41, 5.74) is 5.03. The highest BCUT2D eigenvalue weighted by Gasteiger charge is 1.95. The van der Waals surface area contributed by atoms with E-state index in [1.807, 2.05) is 0 Å². The quantitative estimate of drug-likeness (QED) is 0.358. The number of terminal acetylenes is 1. The van der Waals surface area contributed by atoms with Gasteiger partial charge in [0.2, 0.25) is 0 Å². The van der Waals surface area contributed by atoms with E-state index in [-0.39, 0.29) is 5.76 Å². The van der Waals surface area contributed by atoms with Crippen molar-refractivity contribution in [1.29, 1.82) is 0 Å². The summed E-state index contributed by atoms with van der Waals surface area (Å²) in [4.78, 5) is 0. The third kappa shape index (κ3) is 1.85. The Kier molecular flexibility index (Phi) is 1.97. The van der Waals surface area contributed by atoms with Crippen LogP contribution in [-0.4, -0.2) is 11.1 Å². The summed E-state index contributed by atoms with van der Waals surface area (Å²) in [6.07, 6.45) is 4.78. The van der Waals surface area contributed by atoms with Gasteiger partial charge in [-0.25, -0.2) is 0 Å². The van der Waals surface area contributed by atoms with Crippen molar-refractivity contribution in [2.75, 3.05) is 0 Å². The lowest BCUT2D eigenvalue weighted by Crippen LogP contribution is -2.18. The van der Waals surface area contributed by atoms with E-state index in [9.17, 15) is 0 Å². The van der Waals surface area contributed by atoms with Crippen LogP contribution in [0.4, 0.5) is 0 Å². The van der Waals surface area contributed by atoms with Crippen molar-refractivity contribution in [2.24, 2.45) is 5.73 Å². The first-order valence-corrected chi connectivity index (χ1v) is 1.78. The van der Waals surface area contributed by atoms with Gasteiger partial charge in [-0.1, -0.05) is 12.5 Å². The van der Waals surface area contributed by atoms with Crippen molar-refractivity contribution in [3.63, 3.8) is 0 Å². The molecule has 0 aromatic heterocycles. The molecule has 3 N–H and O–H groups in total. The number of nitrogens with two attached hydrogens (primary N) is 1. The van der Waals surface area contributed by atoms with Gasteiger partial charge in [0, 0.05) is 0 Å². The largest absolute Gasteiger partial charge is 0.510 e. The summed E-state index contributed by atoms with van der Waals surface area (Å²) >= 11 is 0. The van der Waals surface area contributed by atoms with Gasteiger partial charge < -0.3 is 10.8 Å². The maximum atomic E-state index is 8.36. The summed E-state index contributed by atoms with van der Waals surface area (Å²) in [5.74, 6) is 1.93. The third-order valence-corrected chi connectivity index (χ3v) is 0.539. The van der Waals surface area contributed by atoms with Gasteiger partial charge in [-0.2, -0.15) is 0 Å². The highest BCUT2D eigenvalue weighted by molar-refractivity contribution is 5.11. The van der Waals surface area contributed by atoms with Gasteiger partial charge in [-0.15, -0.1) is 6.42 Å². The monoisotopic (exact) mass is 97.1 g/mol. The molecule has 38 valence electrons. The number of aliphatic hydroxyl groups excluding tert-OH is 1. The average Bonchev–Trinajstić information content (AvgIpc) is 1.65. The maximum Gasteiger partial charge on any atom is 0.123 e. The molecule has 0 heterocycles.